The van der Waals surface area contributed by atoms with Gasteiger partial charge in [0.1, 0.15) is 5.38 Å². The first-order valence-electron chi connectivity index (χ1n) is 4.80. The van der Waals surface area contributed by atoms with E-state index in [0.717, 1.165) is 12.0 Å². The number of hydrogen-bond donors (Lipinski definition) is 0. The maximum atomic E-state index is 11.1. The van der Waals surface area contributed by atoms with E-state index in [9.17, 15) is 4.79 Å². The molecule has 0 N–H and O–H groups in total. The van der Waals surface area contributed by atoms with Gasteiger partial charge in [-0.25, -0.2) is 0 Å². The van der Waals surface area contributed by atoms with Crippen LogP contribution in [-0.4, -0.2) is 5.78 Å². The van der Waals surface area contributed by atoms with Gasteiger partial charge >= 0.3 is 0 Å². The van der Waals surface area contributed by atoms with Gasteiger partial charge in [0.2, 0.25) is 0 Å². The van der Waals surface area contributed by atoms with Crippen molar-refractivity contribution in [3.8, 4) is 0 Å². The van der Waals surface area contributed by atoms with Gasteiger partial charge in [-0.2, -0.15) is 0 Å². The minimum absolute atomic E-state index is 0.00225. The number of rotatable bonds is 3. The normalized spacial score (nSPS) is 12.6. The Bertz CT molecular complexity index is 344. The van der Waals surface area contributed by atoms with E-state index in [1.807, 2.05) is 18.2 Å². The van der Waals surface area contributed by atoms with Gasteiger partial charge in [-0.15, -0.1) is 11.6 Å². The molecule has 0 spiro atoms. The van der Waals surface area contributed by atoms with Crippen LogP contribution in [0.1, 0.15) is 35.9 Å². The Hall–Kier alpha value is -0.820. The van der Waals surface area contributed by atoms with Crippen molar-refractivity contribution in [2.24, 2.45) is 0 Å². The number of carbonyl (C=O) groups is 1. The molecule has 76 valence electrons. The fourth-order valence-electron chi connectivity index (χ4n) is 1.46. The van der Waals surface area contributed by atoms with Crippen LogP contribution in [0.3, 0.4) is 0 Å². The number of halogens is 1. The third-order valence-electron chi connectivity index (χ3n) is 2.40. The van der Waals surface area contributed by atoms with Crippen molar-refractivity contribution in [2.45, 2.75) is 32.6 Å². The second-order valence-corrected chi connectivity index (χ2v) is 3.95. The number of carbonyl (C=O) groups excluding carboxylic acids is 1. The van der Waals surface area contributed by atoms with Crippen LogP contribution in [-0.2, 0) is 11.2 Å². The Balaban J connectivity index is 3.06. The fourth-order valence-corrected chi connectivity index (χ4v) is 1.60. The van der Waals surface area contributed by atoms with E-state index in [1.165, 1.54) is 18.1 Å². The van der Waals surface area contributed by atoms with E-state index in [0.29, 0.717) is 0 Å². The molecule has 0 saturated carbocycles. The molecule has 1 rings (SSSR count). The summed E-state index contributed by atoms with van der Waals surface area (Å²) in [4.78, 5) is 11.1. The summed E-state index contributed by atoms with van der Waals surface area (Å²) < 4.78 is 0. The first kappa shape index (κ1) is 11.3. The Morgan fingerprint density at radius 3 is 2.64 bits per heavy atom. The van der Waals surface area contributed by atoms with Crippen LogP contribution in [0.4, 0.5) is 0 Å². The van der Waals surface area contributed by atoms with E-state index in [-0.39, 0.29) is 5.78 Å². The molecule has 0 fully saturated rings. The Kier molecular flexibility index (Phi) is 3.70. The van der Waals surface area contributed by atoms with Crippen LogP contribution >= 0.6 is 11.6 Å². The highest BCUT2D eigenvalue weighted by Crippen LogP contribution is 2.23. The topological polar surface area (TPSA) is 17.1 Å². The molecule has 1 atom stereocenters. The summed E-state index contributed by atoms with van der Waals surface area (Å²) in [6, 6.07) is 5.97. The molecular weight excluding hydrogens is 196 g/mol. The Morgan fingerprint density at radius 1 is 1.50 bits per heavy atom. The molecule has 2 heteroatoms. The quantitative estimate of drug-likeness (QED) is 0.699. The number of aryl methyl sites for hydroxylation is 2. The number of benzene rings is 1. The molecule has 0 heterocycles. The van der Waals surface area contributed by atoms with E-state index < -0.39 is 5.38 Å². The molecule has 1 nitrogen and oxygen atoms in total. The number of Topliss-reactive ketones (excluding diaryl/α,β-unsaturated/α-hetero) is 1. The summed E-state index contributed by atoms with van der Waals surface area (Å²) in [5.74, 6) is -0.00225. The minimum atomic E-state index is -0.499. The molecule has 0 aliphatic carbocycles. The summed E-state index contributed by atoms with van der Waals surface area (Å²) >= 11 is 5.97. The third-order valence-corrected chi connectivity index (χ3v) is 2.96. The van der Waals surface area contributed by atoms with E-state index in [4.69, 9.17) is 11.6 Å². The second-order valence-electron chi connectivity index (χ2n) is 3.51. The molecule has 0 radical (unpaired) electrons. The van der Waals surface area contributed by atoms with Crippen molar-refractivity contribution >= 4 is 17.4 Å². The maximum absolute atomic E-state index is 11.1. The monoisotopic (exact) mass is 210 g/mol. The fraction of sp³-hybridized carbons (Fsp3) is 0.417. The summed E-state index contributed by atoms with van der Waals surface area (Å²) in [5, 5.41) is -0.499. The molecule has 1 aromatic rings. The average Bonchev–Trinajstić information content (AvgIpc) is 2.17. The summed E-state index contributed by atoms with van der Waals surface area (Å²) in [5.41, 5.74) is 3.42. The number of hydrogen-bond acceptors (Lipinski definition) is 1. The zero-order valence-electron chi connectivity index (χ0n) is 8.80. The lowest BCUT2D eigenvalue weighted by Crippen LogP contribution is -2.02. The highest BCUT2D eigenvalue weighted by atomic mass is 35.5. The molecule has 0 saturated heterocycles. The van der Waals surface area contributed by atoms with Crippen molar-refractivity contribution in [3.63, 3.8) is 0 Å². The van der Waals surface area contributed by atoms with Gasteiger partial charge in [0, 0.05) is 0 Å². The largest absolute Gasteiger partial charge is 0.298 e. The first-order valence-corrected chi connectivity index (χ1v) is 5.23. The highest BCUT2D eigenvalue weighted by molar-refractivity contribution is 6.30. The van der Waals surface area contributed by atoms with Crippen molar-refractivity contribution in [2.75, 3.05) is 0 Å². The molecule has 1 unspecified atom stereocenters. The lowest BCUT2D eigenvalue weighted by molar-refractivity contribution is -0.116. The van der Waals surface area contributed by atoms with Crippen LogP contribution < -0.4 is 0 Å². The first-order chi connectivity index (χ1) is 6.56. The second kappa shape index (κ2) is 4.61. The number of ketones is 1. The highest BCUT2D eigenvalue weighted by Gasteiger charge is 2.13. The van der Waals surface area contributed by atoms with Gasteiger partial charge in [-0.1, -0.05) is 25.1 Å². The lowest BCUT2D eigenvalue weighted by atomic mass is 10.0. The van der Waals surface area contributed by atoms with Crippen molar-refractivity contribution in [3.05, 3.63) is 34.9 Å². The molecule has 0 aromatic heterocycles. The van der Waals surface area contributed by atoms with Gasteiger partial charge in [-0.05, 0) is 37.0 Å². The molecule has 14 heavy (non-hydrogen) atoms. The summed E-state index contributed by atoms with van der Waals surface area (Å²) in [7, 11) is 0. The SMILES string of the molecule is CCc1cc(C(Cl)C(C)=O)ccc1C. The summed E-state index contributed by atoms with van der Waals surface area (Å²) in [6.07, 6.45) is 0.973. The van der Waals surface area contributed by atoms with Crippen molar-refractivity contribution in [1.29, 1.82) is 0 Å². The van der Waals surface area contributed by atoms with Gasteiger partial charge < -0.3 is 0 Å². The Morgan fingerprint density at radius 2 is 2.14 bits per heavy atom. The third kappa shape index (κ3) is 2.36. The van der Waals surface area contributed by atoms with Gasteiger partial charge in [-0.3, -0.25) is 4.79 Å². The molecule has 1 aromatic carbocycles. The maximum Gasteiger partial charge on any atom is 0.152 e. The molecule has 0 bridgehead atoms. The van der Waals surface area contributed by atoms with E-state index in [2.05, 4.69) is 13.8 Å². The zero-order valence-corrected chi connectivity index (χ0v) is 9.56. The van der Waals surface area contributed by atoms with E-state index >= 15 is 0 Å². The van der Waals surface area contributed by atoms with E-state index in [1.54, 1.807) is 0 Å². The predicted molar refractivity (Wildman–Crippen MR) is 59.8 cm³/mol. The zero-order chi connectivity index (χ0) is 10.7. The molecule has 0 aliphatic heterocycles. The molecule has 0 amide bonds. The predicted octanol–water partition coefficient (Wildman–Crippen LogP) is 3.43. The smallest absolute Gasteiger partial charge is 0.152 e. The standard InChI is InChI=1S/C12H15ClO/c1-4-10-7-11(6-5-8(10)2)12(13)9(3)14/h5-7,12H,4H2,1-3H3. The van der Waals surface area contributed by atoms with Crippen LogP contribution in [0.5, 0.6) is 0 Å². The van der Waals surface area contributed by atoms with Crippen molar-refractivity contribution < 1.29 is 4.79 Å². The summed E-state index contributed by atoms with van der Waals surface area (Å²) in [6.45, 7) is 5.69. The van der Waals surface area contributed by atoms with Crippen molar-refractivity contribution in [1.82, 2.24) is 0 Å². The van der Waals surface area contributed by atoms with Gasteiger partial charge in [0.05, 0.1) is 0 Å². The average molecular weight is 211 g/mol. The lowest BCUT2D eigenvalue weighted by Gasteiger charge is -2.09. The van der Waals surface area contributed by atoms with Crippen LogP contribution in [0.25, 0.3) is 0 Å². The molecule has 0 aliphatic rings. The Labute approximate surface area is 90.1 Å². The van der Waals surface area contributed by atoms with Crippen LogP contribution in [0.15, 0.2) is 18.2 Å². The van der Waals surface area contributed by atoms with Crippen LogP contribution in [0.2, 0.25) is 0 Å². The van der Waals surface area contributed by atoms with Crippen LogP contribution in [0, 0.1) is 6.92 Å². The number of alkyl halides is 1. The molecular formula is C12H15ClO. The van der Waals surface area contributed by atoms with Gasteiger partial charge in [0.15, 0.2) is 5.78 Å². The van der Waals surface area contributed by atoms with Gasteiger partial charge in [0.25, 0.3) is 0 Å². The minimum Gasteiger partial charge on any atom is -0.298 e.